The third-order valence-corrected chi connectivity index (χ3v) is 5.04. The Bertz CT molecular complexity index is 1020. The number of nitro groups is 1. The number of carbonyl (C=O) groups excluding carboxylic acids is 1. The summed E-state index contributed by atoms with van der Waals surface area (Å²) in [5.41, 5.74) is 0.827. The van der Waals surface area contributed by atoms with E-state index in [1.54, 1.807) is 19.1 Å². The first-order chi connectivity index (χ1) is 12.4. The highest BCUT2D eigenvalue weighted by Crippen LogP contribution is 2.34. The fraction of sp³-hybridized carbons (Fsp3) is 0.176. The summed E-state index contributed by atoms with van der Waals surface area (Å²) in [6.45, 7) is 1.72. The summed E-state index contributed by atoms with van der Waals surface area (Å²) < 4.78 is 19.7. The Morgan fingerprint density at radius 2 is 2.23 bits per heavy atom. The van der Waals surface area contributed by atoms with Crippen LogP contribution in [0.3, 0.4) is 0 Å². The molecule has 0 aliphatic rings. The van der Waals surface area contributed by atoms with E-state index in [2.05, 4.69) is 10.3 Å². The number of hydrogen-bond acceptors (Lipinski definition) is 7. The SMILES string of the molecule is COC(=O)c1sc2cccc(F)c2c1CNc1cc(C)c([N+](=O)[O-])cn1. The lowest BCUT2D eigenvalue weighted by Crippen LogP contribution is -2.08. The zero-order valence-corrected chi connectivity index (χ0v) is 14.7. The number of aryl methyl sites for hydroxylation is 1. The van der Waals surface area contributed by atoms with Gasteiger partial charge in [-0.1, -0.05) is 6.07 Å². The second-order valence-electron chi connectivity index (χ2n) is 5.48. The first kappa shape index (κ1) is 17.7. The summed E-state index contributed by atoms with van der Waals surface area (Å²) in [6.07, 6.45) is 1.16. The molecule has 0 atom stereocenters. The van der Waals surface area contributed by atoms with Gasteiger partial charge in [0.2, 0.25) is 0 Å². The normalized spacial score (nSPS) is 10.7. The number of ether oxygens (including phenoxy) is 1. The number of esters is 1. The predicted octanol–water partition coefficient (Wildman–Crippen LogP) is 4.05. The Morgan fingerprint density at radius 3 is 2.88 bits per heavy atom. The van der Waals surface area contributed by atoms with Crippen molar-refractivity contribution in [3.8, 4) is 0 Å². The molecule has 0 amide bonds. The molecule has 9 heteroatoms. The van der Waals surface area contributed by atoms with E-state index in [9.17, 15) is 19.3 Å². The molecule has 134 valence electrons. The second kappa shape index (κ2) is 7.04. The molecule has 1 aromatic carbocycles. The van der Waals surface area contributed by atoms with Crippen molar-refractivity contribution < 1.29 is 18.8 Å². The van der Waals surface area contributed by atoms with Gasteiger partial charge < -0.3 is 10.1 Å². The van der Waals surface area contributed by atoms with Crippen molar-refractivity contribution in [3.05, 3.63) is 62.4 Å². The lowest BCUT2D eigenvalue weighted by atomic mass is 10.1. The molecule has 0 saturated heterocycles. The minimum atomic E-state index is -0.546. The van der Waals surface area contributed by atoms with Gasteiger partial charge in [-0.2, -0.15) is 0 Å². The largest absolute Gasteiger partial charge is 0.465 e. The summed E-state index contributed by atoms with van der Waals surface area (Å²) in [6, 6.07) is 6.16. The van der Waals surface area contributed by atoms with Crippen LogP contribution in [0.25, 0.3) is 10.1 Å². The maximum atomic E-state index is 14.3. The predicted molar refractivity (Wildman–Crippen MR) is 96.1 cm³/mol. The van der Waals surface area contributed by atoms with Crippen LogP contribution >= 0.6 is 11.3 Å². The van der Waals surface area contributed by atoms with E-state index in [1.807, 2.05) is 0 Å². The number of fused-ring (bicyclic) bond motifs is 1. The summed E-state index contributed by atoms with van der Waals surface area (Å²) >= 11 is 1.15. The summed E-state index contributed by atoms with van der Waals surface area (Å²) in [4.78, 5) is 26.7. The average Bonchev–Trinajstić information content (AvgIpc) is 2.99. The number of benzene rings is 1. The lowest BCUT2D eigenvalue weighted by Gasteiger charge is -2.08. The number of carbonyl (C=O) groups is 1. The van der Waals surface area contributed by atoms with Gasteiger partial charge in [0.1, 0.15) is 22.7 Å². The third-order valence-electron chi connectivity index (χ3n) is 3.86. The van der Waals surface area contributed by atoms with E-state index in [4.69, 9.17) is 4.74 Å². The van der Waals surface area contributed by atoms with Crippen LogP contribution in [-0.2, 0) is 11.3 Å². The number of nitrogens with zero attached hydrogens (tertiary/aromatic N) is 2. The molecule has 2 heterocycles. The molecule has 3 aromatic rings. The van der Waals surface area contributed by atoms with Crippen molar-refractivity contribution in [2.75, 3.05) is 12.4 Å². The van der Waals surface area contributed by atoms with E-state index >= 15 is 0 Å². The van der Waals surface area contributed by atoms with Crippen LogP contribution < -0.4 is 5.32 Å². The third kappa shape index (κ3) is 3.21. The van der Waals surface area contributed by atoms with E-state index in [1.165, 1.54) is 19.2 Å². The monoisotopic (exact) mass is 375 g/mol. The number of anilines is 1. The molecule has 0 unspecified atom stereocenters. The molecular weight excluding hydrogens is 361 g/mol. The summed E-state index contributed by atoms with van der Waals surface area (Å²) in [5, 5.41) is 14.2. The minimum Gasteiger partial charge on any atom is -0.465 e. The minimum absolute atomic E-state index is 0.0853. The van der Waals surface area contributed by atoms with Crippen molar-refractivity contribution >= 4 is 38.9 Å². The van der Waals surface area contributed by atoms with Gasteiger partial charge in [0.05, 0.1) is 12.0 Å². The lowest BCUT2D eigenvalue weighted by molar-refractivity contribution is -0.385. The molecule has 0 saturated carbocycles. The first-order valence-electron chi connectivity index (χ1n) is 7.55. The molecule has 0 spiro atoms. The van der Waals surface area contributed by atoms with Crippen LogP contribution in [0, 0.1) is 22.9 Å². The van der Waals surface area contributed by atoms with Crippen molar-refractivity contribution in [1.82, 2.24) is 4.98 Å². The molecule has 0 bridgehead atoms. The molecule has 0 fully saturated rings. The molecule has 0 aliphatic carbocycles. The van der Waals surface area contributed by atoms with E-state index in [-0.39, 0.29) is 12.2 Å². The Hall–Kier alpha value is -3.07. The molecule has 3 rings (SSSR count). The zero-order valence-electron chi connectivity index (χ0n) is 13.9. The highest BCUT2D eigenvalue weighted by molar-refractivity contribution is 7.21. The van der Waals surface area contributed by atoms with Crippen LogP contribution in [0.4, 0.5) is 15.9 Å². The van der Waals surface area contributed by atoms with Gasteiger partial charge in [-0.05, 0) is 25.1 Å². The molecule has 7 nitrogen and oxygen atoms in total. The fourth-order valence-corrected chi connectivity index (χ4v) is 3.76. The Balaban J connectivity index is 1.97. The molecular formula is C17H14FN3O4S. The van der Waals surface area contributed by atoms with Gasteiger partial charge in [0.15, 0.2) is 0 Å². The van der Waals surface area contributed by atoms with Crippen LogP contribution in [0.15, 0.2) is 30.5 Å². The maximum absolute atomic E-state index is 14.3. The Morgan fingerprint density at radius 1 is 1.46 bits per heavy atom. The zero-order chi connectivity index (χ0) is 18.8. The number of halogens is 1. The van der Waals surface area contributed by atoms with E-state index in [0.717, 1.165) is 17.5 Å². The van der Waals surface area contributed by atoms with Crippen molar-refractivity contribution in [2.45, 2.75) is 13.5 Å². The number of aromatic nitrogens is 1. The van der Waals surface area contributed by atoms with Gasteiger partial charge in [-0.3, -0.25) is 10.1 Å². The van der Waals surface area contributed by atoms with Gasteiger partial charge in [-0.15, -0.1) is 11.3 Å². The van der Waals surface area contributed by atoms with Crippen molar-refractivity contribution in [1.29, 1.82) is 0 Å². The average molecular weight is 375 g/mol. The van der Waals surface area contributed by atoms with E-state index in [0.29, 0.717) is 31.9 Å². The Labute approximate surface area is 151 Å². The summed E-state index contributed by atoms with van der Waals surface area (Å²) in [7, 11) is 1.27. The Kier molecular flexibility index (Phi) is 4.81. The first-order valence-corrected chi connectivity index (χ1v) is 8.37. The van der Waals surface area contributed by atoms with Crippen LogP contribution in [0.1, 0.15) is 20.8 Å². The maximum Gasteiger partial charge on any atom is 0.348 e. The smallest absolute Gasteiger partial charge is 0.348 e. The molecule has 26 heavy (non-hydrogen) atoms. The number of nitrogens with one attached hydrogen (secondary N) is 1. The number of pyridine rings is 1. The highest BCUT2D eigenvalue weighted by Gasteiger charge is 2.21. The highest BCUT2D eigenvalue weighted by atomic mass is 32.1. The van der Waals surface area contributed by atoms with Gasteiger partial charge in [0.25, 0.3) is 5.69 Å². The van der Waals surface area contributed by atoms with Crippen molar-refractivity contribution in [3.63, 3.8) is 0 Å². The number of thiophene rings is 1. The van der Waals surface area contributed by atoms with Gasteiger partial charge in [-0.25, -0.2) is 14.2 Å². The number of rotatable bonds is 5. The van der Waals surface area contributed by atoms with Crippen molar-refractivity contribution in [2.24, 2.45) is 0 Å². The van der Waals surface area contributed by atoms with Crippen LogP contribution in [0.2, 0.25) is 0 Å². The van der Waals surface area contributed by atoms with Crippen LogP contribution in [0.5, 0.6) is 0 Å². The topological polar surface area (TPSA) is 94.4 Å². The van der Waals surface area contributed by atoms with Gasteiger partial charge >= 0.3 is 5.97 Å². The standard InChI is InChI=1S/C17H14FN3O4S/c1-9-6-14(20-8-12(9)21(23)24)19-7-10-15-11(18)4-3-5-13(15)26-16(10)17(22)25-2/h3-6,8H,7H2,1-2H3,(H,19,20). The summed E-state index contributed by atoms with van der Waals surface area (Å²) in [5.74, 6) is -0.589. The second-order valence-corrected chi connectivity index (χ2v) is 6.53. The molecule has 2 aromatic heterocycles. The number of hydrogen-bond donors (Lipinski definition) is 1. The quantitative estimate of drug-likeness (QED) is 0.411. The van der Waals surface area contributed by atoms with Crippen LogP contribution in [-0.4, -0.2) is 23.0 Å². The van der Waals surface area contributed by atoms with Gasteiger partial charge in [0, 0.05) is 27.8 Å². The number of methoxy groups -OCH3 is 1. The molecule has 1 N–H and O–H groups in total. The molecule has 0 aliphatic heterocycles. The fourth-order valence-electron chi connectivity index (χ4n) is 2.61. The van der Waals surface area contributed by atoms with E-state index < -0.39 is 16.7 Å². The molecule has 0 radical (unpaired) electrons.